The number of nitrogens with zero attached hydrogens (tertiary/aromatic N) is 1. The Hall–Kier alpha value is -1.82. The number of carboxylic acid groups (broad SMARTS) is 1. The monoisotopic (exact) mass is 353 g/mol. The molecule has 0 radical (unpaired) electrons. The second-order valence-corrected chi connectivity index (χ2v) is 5.85. The summed E-state index contributed by atoms with van der Waals surface area (Å²) in [5, 5.41) is 9.47. The molecular weight excluding hydrogens is 338 g/mol. The third kappa shape index (κ3) is 3.64. The SMILES string of the molecule is Cc1cc(Br)c2oc(C(=O)N(C)CCCC(=O)O)cc2c1. The van der Waals surface area contributed by atoms with Crippen molar-refractivity contribution in [3.63, 3.8) is 0 Å². The molecule has 2 aromatic rings. The molecule has 2 rings (SSSR count). The average molecular weight is 354 g/mol. The fourth-order valence-electron chi connectivity index (χ4n) is 2.11. The van der Waals surface area contributed by atoms with E-state index >= 15 is 0 Å². The van der Waals surface area contributed by atoms with Crippen molar-refractivity contribution in [2.45, 2.75) is 19.8 Å². The molecule has 0 saturated carbocycles. The van der Waals surface area contributed by atoms with E-state index in [0.717, 1.165) is 15.4 Å². The molecule has 5 nitrogen and oxygen atoms in total. The number of hydrogen-bond acceptors (Lipinski definition) is 3. The summed E-state index contributed by atoms with van der Waals surface area (Å²) < 4.78 is 6.42. The van der Waals surface area contributed by atoms with Gasteiger partial charge in [-0.05, 0) is 53.0 Å². The Morgan fingerprint density at radius 3 is 2.71 bits per heavy atom. The molecule has 0 saturated heterocycles. The zero-order chi connectivity index (χ0) is 15.6. The minimum absolute atomic E-state index is 0.0441. The van der Waals surface area contributed by atoms with Gasteiger partial charge in [-0.1, -0.05) is 0 Å². The van der Waals surface area contributed by atoms with Crippen LogP contribution >= 0.6 is 15.9 Å². The summed E-state index contributed by atoms with van der Waals surface area (Å²) in [6.07, 6.45) is 0.461. The molecule has 1 aromatic heterocycles. The van der Waals surface area contributed by atoms with Crippen LogP contribution in [0.25, 0.3) is 11.0 Å². The van der Waals surface area contributed by atoms with E-state index in [4.69, 9.17) is 9.52 Å². The number of aryl methyl sites for hydroxylation is 1. The average Bonchev–Trinajstić information content (AvgIpc) is 2.81. The van der Waals surface area contributed by atoms with Crippen LogP contribution in [0.2, 0.25) is 0 Å². The summed E-state index contributed by atoms with van der Waals surface area (Å²) >= 11 is 3.42. The van der Waals surface area contributed by atoms with E-state index in [0.29, 0.717) is 18.5 Å². The maximum atomic E-state index is 12.3. The van der Waals surface area contributed by atoms with Crippen molar-refractivity contribution in [3.8, 4) is 0 Å². The molecule has 0 bridgehead atoms. The molecular formula is C15H16BrNO4. The standard InChI is InChI=1S/C15H16BrNO4/c1-9-6-10-8-12(21-14(10)11(16)7-9)15(20)17(2)5-3-4-13(18)19/h6-8H,3-5H2,1-2H3,(H,18,19). The Bertz CT molecular complexity index is 692. The third-order valence-electron chi connectivity index (χ3n) is 3.16. The number of carbonyl (C=O) groups is 2. The van der Waals surface area contributed by atoms with Gasteiger partial charge in [0.2, 0.25) is 0 Å². The van der Waals surface area contributed by atoms with Crippen LogP contribution in [0.4, 0.5) is 0 Å². The molecule has 1 aromatic carbocycles. The smallest absolute Gasteiger partial charge is 0.303 e. The predicted octanol–water partition coefficient (Wildman–Crippen LogP) is 3.44. The zero-order valence-corrected chi connectivity index (χ0v) is 13.4. The van der Waals surface area contributed by atoms with E-state index in [1.807, 2.05) is 19.1 Å². The van der Waals surface area contributed by atoms with Gasteiger partial charge in [-0.15, -0.1) is 0 Å². The molecule has 0 aliphatic heterocycles. The molecule has 1 heterocycles. The first-order valence-corrected chi connectivity index (χ1v) is 7.34. The minimum atomic E-state index is -0.862. The maximum absolute atomic E-state index is 12.3. The molecule has 0 spiro atoms. The van der Waals surface area contributed by atoms with Gasteiger partial charge in [-0.2, -0.15) is 0 Å². The number of benzene rings is 1. The number of carboxylic acids is 1. The number of fused-ring (bicyclic) bond motifs is 1. The first kappa shape index (κ1) is 15.6. The molecule has 0 atom stereocenters. The quantitative estimate of drug-likeness (QED) is 0.893. The molecule has 1 amide bonds. The van der Waals surface area contributed by atoms with E-state index in [1.54, 1.807) is 13.1 Å². The highest BCUT2D eigenvalue weighted by molar-refractivity contribution is 9.10. The predicted molar refractivity (Wildman–Crippen MR) is 82.5 cm³/mol. The lowest BCUT2D eigenvalue weighted by atomic mass is 10.2. The summed E-state index contributed by atoms with van der Waals surface area (Å²) in [5.41, 5.74) is 1.71. The van der Waals surface area contributed by atoms with Crippen molar-refractivity contribution in [2.24, 2.45) is 0 Å². The summed E-state index contributed by atoms with van der Waals surface area (Å²) in [6.45, 7) is 2.35. The molecule has 0 fully saturated rings. The van der Waals surface area contributed by atoms with Gasteiger partial charge >= 0.3 is 5.97 Å². The number of amides is 1. The van der Waals surface area contributed by atoms with Gasteiger partial charge in [0.05, 0.1) is 4.47 Å². The Morgan fingerprint density at radius 2 is 2.05 bits per heavy atom. The van der Waals surface area contributed by atoms with Crippen molar-refractivity contribution in [3.05, 3.63) is 34.0 Å². The molecule has 112 valence electrons. The fraction of sp³-hybridized carbons (Fsp3) is 0.333. The molecule has 0 unspecified atom stereocenters. The number of halogens is 1. The van der Waals surface area contributed by atoms with Crippen molar-refractivity contribution < 1.29 is 19.1 Å². The molecule has 0 aliphatic rings. The van der Waals surface area contributed by atoms with Crippen molar-refractivity contribution >= 4 is 38.8 Å². The van der Waals surface area contributed by atoms with Gasteiger partial charge in [0.1, 0.15) is 5.58 Å². The van der Waals surface area contributed by atoms with Crippen LogP contribution in [-0.2, 0) is 4.79 Å². The number of carbonyl (C=O) groups excluding carboxylic acids is 1. The third-order valence-corrected chi connectivity index (χ3v) is 3.75. The van der Waals surface area contributed by atoms with Crippen LogP contribution in [0.5, 0.6) is 0 Å². The van der Waals surface area contributed by atoms with Crippen molar-refractivity contribution in [2.75, 3.05) is 13.6 Å². The van der Waals surface area contributed by atoms with Crippen LogP contribution < -0.4 is 0 Å². The van der Waals surface area contributed by atoms with E-state index in [1.165, 1.54) is 4.90 Å². The Morgan fingerprint density at radius 1 is 1.33 bits per heavy atom. The van der Waals surface area contributed by atoms with E-state index < -0.39 is 5.97 Å². The number of aliphatic carboxylic acids is 1. The number of rotatable bonds is 5. The second kappa shape index (κ2) is 6.30. The normalized spacial score (nSPS) is 10.8. The van der Waals surface area contributed by atoms with Crippen molar-refractivity contribution in [1.82, 2.24) is 4.90 Å². The molecule has 21 heavy (non-hydrogen) atoms. The van der Waals surface area contributed by atoms with Crippen LogP contribution in [0.1, 0.15) is 29.0 Å². The molecule has 6 heteroatoms. The van der Waals surface area contributed by atoms with E-state index in [9.17, 15) is 9.59 Å². The number of hydrogen-bond donors (Lipinski definition) is 1. The van der Waals surface area contributed by atoms with Gasteiger partial charge in [-0.3, -0.25) is 9.59 Å². The molecule has 0 aliphatic carbocycles. The first-order chi connectivity index (χ1) is 9.88. The van der Waals surface area contributed by atoms with Crippen LogP contribution in [0.3, 0.4) is 0 Å². The van der Waals surface area contributed by atoms with Crippen LogP contribution in [0.15, 0.2) is 27.1 Å². The van der Waals surface area contributed by atoms with Gasteiger partial charge in [-0.25, -0.2) is 0 Å². The highest BCUT2D eigenvalue weighted by Gasteiger charge is 2.18. The van der Waals surface area contributed by atoms with Gasteiger partial charge in [0.25, 0.3) is 5.91 Å². The highest BCUT2D eigenvalue weighted by Crippen LogP contribution is 2.29. The summed E-state index contributed by atoms with van der Waals surface area (Å²) in [6, 6.07) is 5.59. The number of furan rings is 1. The maximum Gasteiger partial charge on any atom is 0.303 e. The zero-order valence-electron chi connectivity index (χ0n) is 11.9. The summed E-state index contributed by atoms with van der Waals surface area (Å²) in [4.78, 5) is 24.2. The fourth-order valence-corrected chi connectivity index (χ4v) is 2.78. The lowest BCUT2D eigenvalue weighted by Gasteiger charge is -2.14. The Kier molecular flexibility index (Phi) is 4.67. The summed E-state index contributed by atoms with van der Waals surface area (Å²) in [5.74, 6) is -0.853. The first-order valence-electron chi connectivity index (χ1n) is 6.55. The lowest BCUT2D eigenvalue weighted by Crippen LogP contribution is -2.27. The van der Waals surface area contributed by atoms with Gasteiger partial charge in [0.15, 0.2) is 5.76 Å². The highest BCUT2D eigenvalue weighted by atomic mass is 79.9. The van der Waals surface area contributed by atoms with Gasteiger partial charge < -0.3 is 14.4 Å². The van der Waals surface area contributed by atoms with Gasteiger partial charge in [0, 0.05) is 25.4 Å². The Labute approximate surface area is 130 Å². The Balaban J connectivity index is 2.15. The van der Waals surface area contributed by atoms with Crippen LogP contribution in [-0.4, -0.2) is 35.5 Å². The van der Waals surface area contributed by atoms with Crippen molar-refractivity contribution in [1.29, 1.82) is 0 Å². The topological polar surface area (TPSA) is 70.8 Å². The van der Waals surface area contributed by atoms with E-state index in [2.05, 4.69) is 15.9 Å². The largest absolute Gasteiger partial charge is 0.481 e. The minimum Gasteiger partial charge on any atom is -0.481 e. The second-order valence-electron chi connectivity index (χ2n) is 5.00. The van der Waals surface area contributed by atoms with E-state index in [-0.39, 0.29) is 18.1 Å². The van der Waals surface area contributed by atoms with Crippen LogP contribution in [0, 0.1) is 6.92 Å². The lowest BCUT2D eigenvalue weighted by molar-refractivity contribution is -0.137. The summed E-state index contributed by atoms with van der Waals surface area (Å²) in [7, 11) is 1.64. The molecule has 1 N–H and O–H groups in total.